The maximum Gasteiger partial charge on any atom is 0.335 e. The Labute approximate surface area is 99.6 Å². The Balaban J connectivity index is 0.000000686. The summed E-state index contributed by atoms with van der Waals surface area (Å²) < 4.78 is 0. The van der Waals surface area contributed by atoms with Crippen molar-refractivity contribution < 1.29 is 9.90 Å². The molecule has 0 amide bonds. The zero-order valence-corrected chi connectivity index (χ0v) is 9.08. The number of rotatable bonds is 2. The summed E-state index contributed by atoms with van der Waals surface area (Å²) in [6, 6.07) is 16.7. The van der Waals surface area contributed by atoms with Crippen molar-refractivity contribution >= 4 is 5.97 Å². The Bertz CT molecular complexity index is 501. The molecule has 17 heavy (non-hydrogen) atoms. The number of nitrogens with zero attached hydrogens (tertiary/aromatic N) is 1. The summed E-state index contributed by atoms with van der Waals surface area (Å²) in [5.41, 5.74) is 2.43. The van der Waals surface area contributed by atoms with Gasteiger partial charge in [-0.05, 0) is 23.3 Å². The second-order valence-electron chi connectivity index (χ2n) is 3.25. The highest BCUT2D eigenvalue weighted by Crippen LogP contribution is 2.18. The van der Waals surface area contributed by atoms with Crippen LogP contribution in [-0.2, 0) is 0 Å². The van der Waals surface area contributed by atoms with E-state index >= 15 is 0 Å². The van der Waals surface area contributed by atoms with Crippen LogP contribution in [0.25, 0.3) is 11.1 Å². The Morgan fingerprint density at radius 2 is 1.35 bits per heavy atom. The Hall–Kier alpha value is -2.60. The predicted molar refractivity (Wildman–Crippen MR) is 65.5 cm³/mol. The van der Waals surface area contributed by atoms with E-state index in [1.165, 1.54) is 0 Å². The van der Waals surface area contributed by atoms with E-state index in [1.54, 1.807) is 12.1 Å². The maximum absolute atomic E-state index is 10.6. The van der Waals surface area contributed by atoms with Crippen LogP contribution in [0.5, 0.6) is 0 Å². The van der Waals surface area contributed by atoms with Crippen LogP contribution in [0.15, 0.2) is 54.6 Å². The lowest BCUT2D eigenvalue weighted by Crippen LogP contribution is -1.94. The van der Waals surface area contributed by atoms with Crippen molar-refractivity contribution in [2.45, 2.75) is 0 Å². The summed E-state index contributed by atoms with van der Waals surface area (Å²) in [6.45, 7) is 3.50. The molecule has 0 fully saturated rings. The van der Waals surface area contributed by atoms with Gasteiger partial charge in [-0.15, -0.1) is 0 Å². The van der Waals surface area contributed by atoms with Crippen molar-refractivity contribution in [2.75, 3.05) is 0 Å². The third kappa shape index (κ3) is 3.18. The van der Waals surface area contributed by atoms with Crippen LogP contribution < -0.4 is 0 Å². The molecule has 0 aromatic heterocycles. The quantitative estimate of drug-likeness (QED) is 0.853. The van der Waals surface area contributed by atoms with E-state index < -0.39 is 5.97 Å². The summed E-state index contributed by atoms with van der Waals surface area (Å²) in [7, 11) is 0. The van der Waals surface area contributed by atoms with Gasteiger partial charge in [-0.2, -0.15) is 0 Å². The fourth-order valence-corrected chi connectivity index (χ4v) is 1.44. The number of nitriles is 1. The minimum atomic E-state index is -0.894. The van der Waals surface area contributed by atoms with E-state index in [4.69, 9.17) is 10.4 Å². The summed E-state index contributed by atoms with van der Waals surface area (Å²) in [4.78, 5) is 10.6. The first kappa shape index (κ1) is 12.5. The minimum absolute atomic E-state index is 0.315. The highest BCUT2D eigenvalue weighted by atomic mass is 16.4. The molecule has 2 rings (SSSR count). The standard InChI is InChI=1S/C13H10O2.CHN/c14-13(15)12-8-6-11(7-9-12)10-4-2-1-3-5-10;1-2/h1-9H,(H,14,15);1H. The second kappa shape index (κ2) is 6.09. The topological polar surface area (TPSA) is 61.1 Å². The first-order valence-electron chi connectivity index (χ1n) is 4.92. The highest BCUT2D eigenvalue weighted by molar-refractivity contribution is 5.88. The zero-order chi connectivity index (χ0) is 12.7. The van der Waals surface area contributed by atoms with Gasteiger partial charge in [0, 0.05) is 6.57 Å². The number of aromatic carboxylic acids is 1. The molecule has 0 unspecified atom stereocenters. The first-order valence-corrected chi connectivity index (χ1v) is 4.92. The molecule has 0 saturated heterocycles. The molecule has 0 atom stereocenters. The number of benzene rings is 2. The number of carboxylic acid groups (broad SMARTS) is 1. The lowest BCUT2D eigenvalue weighted by molar-refractivity contribution is 0.0697. The molecule has 0 radical (unpaired) electrons. The minimum Gasteiger partial charge on any atom is -0.478 e. The predicted octanol–water partition coefficient (Wildman–Crippen LogP) is 3.19. The molecule has 0 heterocycles. The Morgan fingerprint density at radius 1 is 0.882 bits per heavy atom. The monoisotopic (exact) mass is 225 g/mol. The normalized spacial score (nSPS) is 8.82. The molecule has 0 spiro atoms. The van der Waals surface area contributed by atoms with Gasteiger partial charge in [0.2, 0.25) is 0 Å². The lowest BCUT2D eigenvalue weighted by atomic mass is 10.0. The van der Waals surface area contributed by atoms with Crippen LogP contribution in [0.3, 0.4) is 0 Å². The van der Waals surface area contributed by atoms with Gasteiger partial charge in [-0.25, -0.2) is 10.1 Å². The van der Waals surface area contributed by atoms with Gasteiger partial charge in [0.1, 0.15) is 0 Å². The summed E-state index contributed by atoms with van der Waals surface area (Å²) in [5.74, 6) is -0.894. The van der Waals surface area contributed by atoms with Gasteiger partial charge in [0.05, 0.1) is 5.56 Å². The zero-order valence-electron chi connectivity index (χ0n) is 9.08. The molecule has 2 aromatic carbocycles. The van der Waals surface area contributed by atoms with Crippen LogP contribution in [-0.4, -0.2) is 11.1 Å². The molecule has 0 aliphatic carbocycles. The second-order valence-corrected chi connectivity index (χ2v) is 3.25. The first-order chi connectivity index (χ1) is 8.27. The largest absolute Gasteiger partial charge is 0.478 e. The molecular weight excluding hydrogens is 214 g/mol. The van der Waals surface area contributed by atoms with Crippen LogP contribution in [0, 0.1) is 11.8 Å². The Morgan fingerprint density at radius 3 is 1.82 bits per heavy atom. The lowest BCUT2D eigenvalue weighted by Gasteiger charge is -2.01. The van der Waals surface area contributed by atoms with E-state index in [-0.39, 0.29) is 0 Å². The van der Waals surface area contributed by atoms with Gasteiger partial charge in [0.25, 0.3) is 0 Å². The summed E-state index contributed by atoms with van der Waals surface area (Å²) >= 11 is 0. The van der Waals surface area contributed by atoms with E-state index in [1.807, 2.05) is 42.5 Å². The average Bonchev–Trinajstić information content (AvgIpc) is 2.42. The van der Waals surface area contributed by atoms with Crippen molar-refractivity contribution in [1.29, 1.82) is 5.26 Å². The van der Waals surface area contributed by atoms with Crippen LogP contribution >= 0.6 is 0 Å². The fraction of sp³-hybridized carbons (Fsp3) is 0. The molecule has 84 valence electrons. The van der Waals surface area contributed by atoms with Crippen molar-refractivity contribution in [3.8, 4) is 17.7 Å². The third-order valence-corrected chi connectivity index (χ3v) is 2.24. The molecule has 0 saturated carbocycles. The molecule has 0 bridgehead atoms. The van der Waals surface area contributed by atoms with Crippen molar-refractivity contribution in [2.24, 2.45) is 0 Å². The molecule has 2 aromatic rings. The maximum atomic E-state index is 10.6. The highest BCUT2D eigenvalue weighted by Gasteiger charge is 2.02. The molecule has 3 heteroatoms. The van der Waals surface area contributed by atoms with Gasteiger partial charge >= 0.3 is 5.97 Å². The SMILES string of the molecule is C#N.O=C(O)c1ccc(-c2ccccc2)cc1. The molecule has 3 nitrogen and oxygen atoms in total. The molecule has 0 aliphatic rings. The van der Waals surface area contributed by atoms with Crippen LogP contribution in [0.1, 0.15) is 10.4 Å². The van der Waals surface area contributed by atoms with E-state index in [9.17, 15) is 4.79 Å². The van der Waals surface area contributed by atoms with E-state index in [2.05, 4.69) is 6.57 Å². The molecule has 1 N–H and O–H groups in total. The Kier molecular flexibility index (Phi) is 4.46. The number of hydrogen-bond acceptors (Lipinski definition) is 2. The molecule has 0 aliphatic heterocycles. The average molecular weight is 225 g/mol. The molecular formula is C14H11NO2. The van der Waals surface area contributed by atoms with Crippen molar-refractivity contribution in [3.05, 3.63) is 60.2 Å². The number of carbonyl (C=O) groups is 1. The van der Waals surface area contributed by atoms with Gasteiger partial charge in [-0.1, -0.05) is 42.5 Å². The van der Waals surface area contributed by atoms with Gasteiger partial charge in [0.15, 0.2) is 0 Å². The van der Waals surface area contributed by atoms with E-state index in [0.29, 0.717) is 5.56 Å². The fourth-order valence-electron chi connectivity index (χ4n) is 1.44. The number of hydrogen-bond donors (Lipinski definition) is 1. The van der Waals surface area contributed by atoms with Crippen LogP contribution in [0.2, 0.25) is 0 Å². The van der Waals surface area contributed by atoms with Gasteiger partial charge < -0.3 is 5.11 Å². The van der Waals surface area contributed by atoms with Crippen LogP contribution in [0.4, 0.5) is 0 Å². The van der Waals surface area contributed by atoms with Crippen molar-refractivity contribution in [1.82, 2.24) is 0 Å². The number of carboxylic acids is 1. The van der Waals surface area contributed by atoms with Gasteiger partial charge in [-0.3, -0.25) is 0 Å². The van der Waals surface area contributed by atoms with Crippen molar-refractivity contribution in [3.63, 3.8) is 0 Å². The smallest absolute Gasteiger partial charge is 0.335 e. The van der Waals surface area contributed by atoms with E-state index in [0.717, 1.165) is 11.1 Å². The third-order valence-electron chi connectivity index (χ3n) is 2.24. The summed E-state index contributed by atoms with van der Waals surface area (Å²) in [6.07, 6.45) is 0. The summed E-state index contributed by atoms with van der Waals surface area (Å²) in [5, 5.41) is 15.2.